The number of anilines is 2. The van der Waals surface area contributed by atoms with Gasteiger partial charge in [-0.25, -0.2) is 0 Å². The largest absolute Gasteiger partial charge is 0.454 e. The fourth-order valence-corrected chi connectivity index (χ4v) is 2.96. The number of hydrogen-bond donors (Lipinski definition) is 2. The van der Waals surface area contributed by atoms with Gasteiger partial charge in [-0.05, 0) is 52.2 Å². The van der Waals surface area contributed by atoms with Crippen LogP contribution in [0.3, 0.4) is 0 Å². The zero-order valence-electron chi connectivity index (χ0n) is 11.0. The molecule has 3 rings (SSSR count). The molecule has 0 fully saturated rings. The van der Waals surface area contributed by atoms with Crippen molar-refractivity contribution in [2.24, 2.45) is 0 Å². The molecule has 0 saturated heterocycles. The highest BCUT2D eigenvalue weighted by molar-refractivity contribution is 9.10. The summed E-state index contributed by atoms with van der Waals surface area (Å²) in [4.78, 5) is 11.5. The van der Waals surface area contributed by atoms with Gasteiger partial charge in [-0.3, -0.25) is 4.79 Å². The third-order valence-electron chi connectivity index (χ3n) is 3.24. The van der Waals surface area contributed by atoms with Crippen molar-refractivity contribution in [3.05, 3.63) is 45.4 Å². The molecule has 2 aromatic carbocycles. The van der Waals surface area contributed by atoms with E-state index in [1.807, 2.05) is 6.07 Å². The number of amides is 1. The van der Waals surface area contributed by atoms with Gasteiger partial charge in [-0.15, -0.1) is 0 Å². The summed E-state index contributed by atoms with van der Waals surface area (Å²) in [7, 11) is 0. The highest BCUT2D eigenvalue weighted by atomic mass is 79.9. The van der Waals surface area contributed by atoms with Gasteiger partial charge < -0.3 is 15.8 Å². The van der Waals surface area contributed by atoms with Gasteiger partial charge >= 0.3 is 0 Å². The average molecular weight is 368 g/mol. The van der Waals surface area contributed by atoms with E-state index in [0.717, 1.165) is 15.7 Å². The van der Waals surface area contributed by atoms with Crippen LogP contribution in [-0.4, -0.2) is 5.91 Å². The minimum Gasteiger partial charge on any atom is -0.454 e. The third kappa shape index (κ3) is 2.99. The van der Waals surface area contributed by atoms with E-state index >= 15 is 0 Å². The number of rotatable bonds is 2. The van der Waals surface area contributed by atoms with Crippen LogP contribution >= 0.6 is 27.5 Å². The van der Waals surface area contributed by atoms with Gasteiger partial charge in [-0.2, -0.15) is 0 Å². The molecule has 0 aliphatic carbocycles. The Balaban J connectivity index is 1.95. The first-order chi connectivity index (χ1) is 10.0. The molecule has 1 aliphatic heterocycles. The molecule has 4 nitrogen and oxygen atoms in total. The Kier molecular flexibility index (Phi) is 3.78. The predicted octanol–water partition coefficient (Wildman–Crippen LogP) is 4.36. The van der Waals surface area contributed by atoms with E-state index in [0.29, 0.717) is 35.1 Å². The van der Waals surface area contributed by atoms with Gasteiger partial charge in [0.1, 0.15) is 5.75 Å². The van der Waals surface area contributed by atoms with E-state index < -0.39 is 0 Å². The summed E-state index contributed by atoms with van der Waals surface area (Å²) in [5, 5.41) is 3.44. The van der Waals surface area contributed by atoms with Gasteiger partial charge in [-0.1, -0.05) is 11.6 Å². The van der Waals surface area contributed by atoms with Crippen molar-refractivity contribution < 1.29 is 9.53 Å². The van der Waals surface area contributed by atoms with Gasteiger partial charge in [0, 0.05) is 23.2 Å². The number of aryl methyl sites for hydroxylation is 1. The van der Waals surface area contributed by atoms with E-state index in [1.165, 1.54) is 0 Å². The molecule has 0 saturated carbocycles. The average Bonchev–Trinajstić information content (AvgIpc) is 2.43. The quantitative estimate of drug-likeness (QED) is 0.775. The lowest BCUT2D eigenvalue weighted by Crippen LogP contribution is -2.19. The van der Waals surface area contributed by atoms with Crippen LogP contribution in [0.1, 0.15) is 12.0 Å². The summed E-state index contributed by atoms with van der Waals surface area (Å²) >= 11 is 9.30. The lowest BCUT2D eigenvalue weighted by Gasteiger charge is -2.19. The molecule has 108 valence electrons. The number of fused-ring (bicyclic) bond motifs is 1. The van der Waals surface area contributed by atoms with Crippen LogP contribution in [0, 0.1) is 0 Å². The second kappa shape index (κ2) is 5.58. The van der Waals surface area contributed by atoms with Gasteiger partial charge in [0.05, 0.1) is 10.2 Å². The number of nitrogen functional groups attached to an aromatic ring is 1. The van der Waals surface area contributed by atoms with Gasteiger partial charge in [0.25, 0.3) is 0 Å². The highest BCUT2D eigenvalue weighted by Gasteiger charge is 2.18. The Hall–Kier alpha value is -1.72. The maximum absolute atomic E-state index is 11.5. The molecule has 0 atom stereocenters. The fourth-order valence-electron chi connectivity index (χ4n) is 2.19. The molecule has 0 spiro atoms. The second-order valence-corrected chi connectivity index (χ2v) is 6.06. The van der Waals surface area contributed by atoms with Crippen LogP contribution in [0.15, 0.2) is 34.8 Å². The standard InChI is InChI=1S/C15H12BrClN2O2/c16-10-6-9(17)2-3-13(10)21-14-7-12-8(5-11(14)18)1-4-15(20)19-12/h2-3,5-7H,1,4,18H2,(H,19,20). The number of nitrogens with one attached hydrogen (secondary N) is 1. The number of benzene rings is 2. The van der Waals surface area contributed by atoms with Crippen molar-refractivity contribution in [2.45, 2.75) is 12.8 Å². The monoisotopic (exact) mass is 366 g/mol. The number of hydrogen-bond acceptors (Lipinski definition) is 3. The first-order valence-electron chi connectivity index (χ1n) is 6.38. The summed E-state index contributed by atoms with van der Waals surface area (Å²) in [6.45, 7) is 0. The van der Waals surface area contributed by atoms with Crippen LogP contribution in [-0.2, 0) is 11.2 Å². The van der Waals surface area contributed by atoms with Crippen LogP contribution in [0.4, 0.5) is 11.4 Å². The SMILES string of the molecule is Nc1cc2c(cc1Oc1ccc(Cl)cc1Br)NC(=O)CC2. The van der Waals surface area contributed by atoms with Crippen molar-refractivity contribution in [3.63, 3.8) is 0 Å². The molecule has 0 radical (unpaired) electrons. The summed E-state index contributed by atoms with van der Waals surface area (Å²) in [5.41, 5.74) is 8.34. The minimum atomic E-state index is 0.00546. The Morgan fingerprint density at radius 2 is 2.00 bits per heavy atom. The third-order valence-corrected chi connectivity index (χ3v) is 4.10. The molecule has 0 unspecified atom stereocenters. The maximum atomic E-state index is 11.5. The Labute approximate surface area is 135 Å². The molecular weight excluding hydrogens is 356 g/mol. The highest BCUT2D eigenvalue weighted by Crippen LogP contribution is 2.38. The van der Waals surface area contributed by atoms with Crippen LogP contribution in [0.2, 0.25) is 5.02 Å². The Bertz CT molecular complexity index is 734. The summed E-state index contributed by atoms with van der Waals surface area (Å²) in [6.07, 6.45) is 1.17. The van der Waals surface area contributed by atoms with E-state index in [2.05, 4.69) is 21.2 Å². The van der Waals surface area contributed by atoms with Crippen molar-refractivity contribution in [2.75, 3.05) is 11.1 Å². The van der Waals surface area contributed by atoms with Crippen molar-refractivity contribution in [1.82, 2.24) is 0 Å². The Morgan fingerprint density at radius 1 is 1.19 bits per heavy atom. The zero-order valence-corrected chi connectivity index (χ0v) is 13.3. The molecular formula is C15H12BrClN2O2. The molecule has 1 aliphatic rings. The van der Waals surface area contributed by atoms with Gasteiger partial charge in [0.2, 0.25) is 5.91 Å². The molecule has 6 heteroatoms. The Morgan fingerprint density at radius 3 is 2.76 bits per heavy atom. The first kappa shape index (κ1) is 14.2. The summed E-state index contributed by atoms with van der Waals surface area (Å²) in [5.74, 6) is 1.11. The lowest BCUT2D eigenvalue weighted by atomic mass is 10.0. The van der Waals surface area contributed by atoms with Crippen molar-refractivity contribution >= 4 is 44.8 Å². The molecule has 21 heavy (non-hydrogen) atoms. The second-order valence-electron chi connectivity index (χ2n) is 4.77. The normalized spacial score (nSPS) is 13.5. The van der Waals surface area contributed by atoms with Crippen molar-refractivity contribution in [1.29, 1.82) is 0 Å². The van der Waals surface area contributed by atoms with E-state index in [1.54, 1.807) is 24.3 Å². The van der Waals surface area contributed by atoms with Gasteiger partial charge in [0.15, 0.2) is 5.75 Å². The smallest absolute Gasteiger partial charge is 0.224 e. The van der Waals surface area contributed by atoms with Crippen LogP contribution in [0.25, 0.3) is 0 Å². The first-order valence-corrected chi connectivity index (χ1v) is 7.55. The predicted molar refractivity (Wildman–Crippen MR) is 87.0 cm³/mol. The number of nitrogens with two attached hydrogens (primary N) is 1. The molecule has 3 N–H and O–H groups in total. The summed E-state index contributed by atoms with van der Waals surface area (Å²) < 4.78 is 6.55. The summed E-state index contributed by atoms with van der Waals surface area (Å²) in [6, 6.07) is 8.83. The maximum Gasteiger partial charge on any atom is 0.224 e. The van der Waals surface area contributed by atoms with E-state index in [4.69, 9.17) is 22.1 Å². The lowest BCUT2D eigenvalue weighted by molar-refractivity contribution is -0.116. The van der Waals surface area contributed by atoms with E-state index in [-0.39, 0.29) is 5.91 Å². The fraction of sp³-hybridized carbons (Fsp3) is 0.133. The minimum absolute atomic E-state index is 0.00546. The number of halogens is 2. The molecule has 2 aromatic rings. The molecule has 0 bridgehead atoms. The topological polar surface area (TPSA) is 64.3 Å². The molecule has 1 amide bonds. The number of carbonyl (C=O) groups is 1. The molecule has 1 heterocycles. The number of carbonyl (C=O) groups excluding carboxylic acids is 1. The van der Waals surface area contributed by atoms with Crippen LogP contribution < -0.4 is 15.8 Å². The van der Waals surface area contributed by atoms with Crippen molar-refractivity contribution in [3.8, 4) is 11.5 Å². The van der Waals surface area contributed by atoms with E-state index in [9.17, 15) is 4.79 Å². The zero-order chi connectivity index (χ0) is 15.0. The van der Waals surface area contributed by atoms with Crippen LogP contribution in [0.5, 0.6) is 11.5 Å². The number of ether oxygens (including phenoxy) is 1. The molecule has 0 aromatic heterocycles.